The molecule has 1 atom stereocenters. The van der Waals surface area contributed by atoms with Crippen molar-refractivity contribution in [2.24, 2.45) is 10.4 Å². The number of methoxy groups -OCH3 is 1. The highest BCUT2D eigenvalue weighted by Gasteiger charge is 2.36. The molecule has 7 heteroatoms. The van der Waals surface area contributed by atoms with E-state index in [1.807, 2.05) is 11.3 Å². The fourth-order valence-corrected chi connectivity index (χ4v) is 5.07. The molecule has 1 saturated heterocycles. The molecule has 1 aliphatic carbocycles. The number of thiophene rings is 1. The van der Waals surface area contributed by atoms with Crippen LogP contribution in [0.2, 0.25) is 0 Å². The summed E-state index contributed by atoms with van der Waals surface area (Å²) in [5, 5.41) is 9.27. The number of hydrogen-bond acceptors (Lipinski definition) is 4. The zero-order chi connectivity index (χ0) is 19.0. The number of aliphatic imine (C=N–C) groups is 1. The lowest BCUT2D eigenvalue weighted by Gasteiger charge is -2.40. The summed E-state index contributed by atoms with van der Waals surface area (Å²) in [6.07, 6.45) is 7.66. The van der Waals surface area contributed by atoms with Crippen molar-refractivity contribution in [2.45, 2.75) is 51.5 Å². The fraction of sp³-hybridized carbons (Fsp3) is 0.762. The van der Waals surface area contributed by atoms with E-state index in [1.54, 1.807) is 7.11 Å². The topological polar surface area (TPSA) is 48.9 Å². The minimum absolute atomic E-state index is 0. The van der Waals surface area contributed by atoms with E-state index in [0.717, 1.165) is 38.6 Å². The Kier molecular flexibility index (Phi) is 10.5. The first-order valence-corrected chi connectivity index (χ1v) is 11.4. The van der Waals surface area contributed by atoms with Crippen LogP contribution in [-0.4, -0.2) is 57.3 Å². The van der Waals surface area contributed by atoms with E-state index in [9.17, 15) is 0 Å². The summed E-state index contributed by atoms with van der Waals surface area (Å²) in [5.41, 5.74) is 0.362. The number of likely N-dealkylation sites (tertiary alicyclic amines) is 1. The lowest BCUT2D eigenvalue weighted by atomic mass is 9.67. The zero-order valence-electron chi connectivity index (χ0n) is 17.4. The van der Waals surface area contributed by atoms with Crippen LogP contribution in [0.5, 0.6) is 0 Å². The van der Waals surface area contributed by atoms with Crippen molar-refractivity contribution in [1.29, 1.82) is 0 Å². The van der Waals surface area contributed by atoms with Crippen molar-refractivity contribution in [3.8, 4) is 0 Å². The molecule has 0 spiro atoms. The number of guanidine groups is 1. The predicted molar refractivity (Wildman–Crippen MR) is 130 cm³/mol. The monoisotopic (exact) mass is 520 g/mol. The van der Waals surface area contributed by atoms with E-state index >= 15 is 0 Å². The fourth-order valence-electron chi connectivity index (χ4n) is 4.21. The van der Waals surface area contributed by atoms with Crippen molar-refractivity contribution in [2.75, 3.05) is 46.4 Å². The maximum absolute atomic E-state index is 5.32. The summed E-state index contributed by atoms with van der Waals surface area (Å²) in [6, 6.07) is 4.88. The summed E-state index contributed by atoms with van der Waals surface area (Å²) in [7, 11) is 1.80. The second-order valence-corrected chi connectivity index (χ2v) is 8.93. The predicted octanol–water partition coefficient (Wildman–Crippen LogP) is 4.26. The second kappa shape index (κ2) is 12.3. The SMILES string of the molecule is CCNC(=NCC1(CCOC)CCC1)NCC(c1cccs1)N1CCCC1.I. The molecule has 2 heterocycles. The van der Waals surface area contributed by atoms with Gasteiger partial charge in [-0.1, -0.05) is 12.5 Å². The van der Waals surface area contributed by atoms with Crippen LogP contribution in [0.1, 0.15) is 56.4 Å². The Labute approximate surface area is 191 Å². The van der Waals surface area contributed by atoms with Crippen molar-refractivity contribution in [3.63, 3.8) is 0 Å². The Bertz CT molecular complexity index is 571. The van der Waals surface area contributed by atoms with Crippen molar-refractivity contribution < 1.29 is 4.74 Å². The minimum Gasteiger partial charge on any atom is -0.385 e. The zero-order valence-corrected chi connectivity index (χ0v) is 20.6. The van der Waals surface area contributed by atoms with E-state index in [4.69, 9.17) is 9.73 Å². The number of nitrogens with one attached hydrogen (secondary N) is 2. The average Bonchev–Trinajstić information content (AvgIpc) is 3.35. The van der Waals surface area contributed by atoms with Gasteiger partial charge in [-0.3, -0.25) is 9.89 Å². The first-order valence-electron chi connectivity index (χ1n) is 10.5. The normalized spacial score (nSPS) is 20.3. The molecule has 2 fully saturated rings. The highest BCUT2D eigenvalue weighted by Crippen LogP contribution is 2.44. The Morgan fingerprint density at radius 3 is 2.64 bits per heavy atom. The van der Waals surface area contributed by atoms with Crippen LogP contribution in [0, 0.1) is 5.41 Å². The summed E-state index contributed by atoms with van der Waals surface area (Å²) in [6.45, 7) is 8.10. The average molecular weight is 521 g/mol. The van der Waals surface area contributed by atoms with E-state index in [0.29, 0.717) is 11.5 Å². The lowest BCUT2D eigenvalue weighted by molar-refractivity contribution is 0.0778. The molecule has 1 aliphatic heterocycles. The lowest BCUT2D eigenvalue weighted by Crippen LogP contribution is -2.43. The first-order chi connectivity index (χ1) is 13.3. The molecular formula is C21H37IN4OS. The van der Waals surface area contributed by atoms with Crippen molar-refractivity contribution >= 4 is 41.3 Å². The number of nitrogens with zero attached hydrogens (tertiary/aromatic N) is 2. The number of hydrogen-bond donors (Lipinski definition) is 2. The van der Waals surface area contributed by atoms with Gasteiger partial charge in [0.2, 0.25) is 0 Å². The van der Waals surface area contributed by atoms with E-state index < -0.39 is 0 Å². The van der Waals surface area contributed by atoms with Gasteiger partial charge in [-0.2, -0.15) is 0 Å². The third-order valence-electron chi connectivity index (χ3n) is 6.08. The molecule has 0 aromatic carbocycles. The third kappa shape index (κ3) is 6.57. The van der Waals surface area contributed by atoms with E-state index in [-0.39, 0.29) is 24.0 Å². The summed E-state index contributed by atoms with van der Waals surface area (Å²) in [5.74, 6) is 0.960. The molecule has 0 amide bonds. The molecule has 5 nitrogen and oxygen atoms in total. The second-order valence-electron chi connectivity index (χ2n) is 7.95. The van der Waals surface area contributed by atoms with Gasteiger partial charge in [0.25, 0.3) is 0 Å². The Morgan fingerprint density at radius 2 is 2.07 bits per heavy atom. The van der Waals surface area contributed by atoms with Crippen LogP contribution >= 0.6 is 35.3 Å². The molecule has 1 aromatic heterocycles. The van der Waals surface area contributed by atoms with Gasteiger partial charge in [0.1, 0.15) is 0 Å². The maximum Gasteiger partial charge on any atom is 0.191 e. The molecule has 1 aromatic rings. The van der Waals surface area contributed by atoms with Crippen LogP contribution in [0.4, 0.5) is 0 Å². The van der Waals surface area contributed by atoms with E-state index in [2.05, 4.69) is 40.0 Å². The van der Waals surface area contributed by atoms with Crippen LogP contribution < -0.4 is 10.6 Å². The summed E-state index contributed by atoms with van der Waals surface area (Å²) < 4.78 is 5.32. The van der Waals surface area contributed by atoms with Gasteiger partial charge in [-0.25, -0.2) is 0 Å². The van der Waals surface area contributed by atoms with Crippen LogP contribution in [0.25, 0.3) is 0 Å². The van der Waals surface area contributed by atoms with Gasteiger partial charge in [-0.15, -0.1) is 35.3 Å². The smallest absolute Gasteiger partial charge is 0.191 e. The van der Waals surface area contributed by atoms with Crippen molar-refractivity contribution in [1.82, 2.24) is 15.5 Å². The molecule has 0 radical (unpaired) electrons. The van der Waals surface area contributed by atoms with Gasteiger partial charge in [0, 0.05) is 38.2 Å². The number of halogens is 1. The Morgan fingerprint density at radius 1 is 1.29 bits per heavy atom. The Balaban J connectivity index is 0.00000280. The Hall–Kier alpha value is -0.380. The molecule has 28 heavy (non-hydrogen) atoms. The van der Waals surface area contributed by atoms with Crippen LogP contribution in [0.15, 0.2) is 22.5 Å². The van der Waals surface area contributed by atoms with Gasteiger partial charge in [0.15, 0.2) is 5.96 Å². The molecule has 1 unspecified atom stereocenters. The molecule has 2 aliphatic rings. The van der Waals surface area contributed by atoms with E-state index in [1.165, 1.54) is 50.1 Å². The molecule has 3 rings (SSSR count). The van der Waals surface area contributed by atoms with Gasteiger partial charge in [-0.05, 0) is 69.0 Å². The molecular weight excluding hydrogens is 483 g/mol. The number of rotatable bonds is 10. The number of ether oxygens (including phenoxy) is 1. The minimum atomic E-state index is 0. The third-order valence-corrected chi connectivity index (χ3v) is 7.06. The highest BCUT2D eigenvalue weighted by atomic mass is 127. The van der Waals surface area contributed by atoms with Crippen molar-refractivity contribution in [3.05, 3.63) is 22.4 Å². The quantitative estimate of drug-likeness (QED) is 0.275. The van der Waals surface area contributed by atoms with Gasteiger partial charge < -0.3 is 15.4 Å². The summed E-state index contributed by atoms with van der Waals surface area (Å²) in [4.78, 5) is 9.04. The standard InChI is InChI=1S/C21H36N4OS.HI/c1-3-22-20(24-17-21(9-7-10-21)11-14-26-2)23-16-18(19-8-6-15-27-19)25-12-4-5-13-25;/h6,8,15,18H,3-5,7,9-14,16-17H2,1-2H3,(H2,22,23,24);1H. The van der Waals surface area contributed by atoms with Gasteiger partial charge in [0.05, 0.1) is 6.04 Å². The largest absolute Gasteiger partial charge is 0.385 e. The maximum atomic E-state index is 5.32. The molecule has 160 valence electrons. The molecule has 1 saturated carbocycles. The van der Waals surface area contributed by atoms with Crippen LogP contribution in [0.3, 0.4) is 0 Å². The molecule has 0 bridgehead atoms. The van der Waals surface area contributed by atoms with Gasteiger partial charge >= 0.3 is 0 Å². The molecule has 2 N–H and O–H groups in total. The summed E-state index contributed by atoms with van der Waals surface area (Å²) >= 11 is 1.87. The van der Waals surface area contributed by atoms with Crippen LogP contribution in [-0.2, 0) is 4.74 Å². The highest BCUT2D eigenvalue weighted by molar-refractivity contribution is 14.0. The first kappa shape index (κ1) is 23.9.